The standard InChI is InChI=1S/C12H23NO10/c14-3-1(4(15)8(19)11(22)7(3)18)13-2-5(16)9(20)12(23)10(21)6(2)17/h1-23H/p+1/t1?,2?,3-,4+,5-,6+,7-,8-,9-,10-,11?,12?/m0/s1. The smallest absolute Gasteiger partial charge is 0.144 e. The Kier molecular flexibility index (Phi) is 5.60. The van der Waals surface area contributed by atoms with Gasteiger partial charge in [0.05, 0.1) is 0 Å². The summed E-state index contributed by atoms with van der Waals surface area (Å²) in [4.78, 5) is 0. The van der Waals surface area contributed by atoms with E-state index in [1.54, 1.807) is 0 Å². The SMILES string of the molecule is OC1[C@@H](O)[C@H](O)C([NH2+]C2[C@@H](O)[C@H](O)C(O)[C@@H](O)[C@H]2O)[C@H](O)[C@@H]1O. The van der Waals surface area contributed by atoms with Crippen LogP contribution in [0.1, 0.15) is 0 Å². The number of aliphatic hydroxyl groups is 10. The molecule has 23 heavy (non-hydrogen) atoms. The second-order valence-electron chi connectivity index (χ2n) is 6.25. The minimum atomic E-state index is -1.79. The molecule has 0 heterocycles. The molecular weight excluding hydrogens is 318 g/mol. The molecule has 0 amide bonds. The zero-order valence-electron chi connectivity index (χ0n) is 12.0. The second kappa shape index (κ2) is 6.82. The summed E-state index contributed by atoms with van der Waals surface area (Å²) < 4.78 is 0. The maximum atomic E-state index is 9.93. The summed E-state index contributed by atoms with van der Waals surface area (Å²) in [5.41, 5.74) is 0. The fourth-order valence-electron chi connectivity index (χ4n) is 3.24. The molecule has 2 aliphatic rings. The second-order valence-corrected chi connectivity index (χ2v) is 6.25. The van der Waals surface area contributed by atoms with E-state index in [0.29, 0.717) is 0 Å². The van der Waals surface area contributed by atoms with E-state index >= 15 is 0 Å². The van der Waals surface area contributed by atoms with Crippen LogP contribution in [0.4, 0.5) is 0 Å². The molecule has 0 aliphatic heterocycles. The molecule has 136 valence electrons. The Balaban J connectivity index is 2.19. The van der Waals surface area contributed by atoms with E-state index < -0.39 is 73.1 Å². The van der Waals surface area contributed by atoms with Crippen LogP contribution in [0.15, 0.2) is 0 Å². The number of rotatable bonds is 2. The number of quaternary nitrogens is 1. The Bertz CT molecular complexity index is 345. The van der Waals surface area contributed by atoms with Crippen molar-refractivity contribution in [3.8, 4) is 0 Å². The summed E-state index contributed by atoms with van der Waals surface area (Å²) in [5.74, 6) is 0. The highest BCUT2D eigenvalue weighted by Gasteiger charge is 2.56. The fourth-order valence-corrected chi connectivity index (χ4v) is 3.24. The van der Waals surface area contributed by atoms with Gasteiger partial charge in [0, 0.05) is 0 Å². The Hall–Kier alpha value is -0.440. The Morgan fingerprint density at radius 1 is 0.304 bits per heavy atom. The van der Waals surface area contributed by atoms with Gasteiger partial charge in [0.2, 0.25) is 0 Å². The van der Waals surface area contributed by atoms with Gasteiger partial charge in [-0.05, 0) is 0 Å². The third-order valence-corrected chi connectivity index (χ3v) is 4.82. The molecule has 0 spiro atoms. The van der Waals surface area contributed by atoms with Crippen LogP contribution in [-0.4, -0.2) is 124 Å². The molecule has 0 aromatic heterocycles. The predicted octanol–water partition coefficient (Wildman–Crippen LogP) is -8.08. The van der Waals surface area contributed by atoms with Crippen LogP contribution in [0, 0.1) is 0 Å². The summed E-state index contributed by atoms with van der Waals surface area (Å²) >= 11 is 0. The van der Waals surface area contributed by atoms with Crippen LogP contribution < -0.4 is 5.32 Å². The minimum Gasteiger partial charge on any atom is -0.387 e. The van der Waals surface area contributed by atoms with Gasteiger partial charge in [-0.2, -0.15) is 0 Å². The topological polar surface area (TPSA) is 219 Å². The molecule has 2 rings (SSSR count). The molecule has 2 aliphatic carbocycles. The normalized spacial score (nSPS) is 58.2. The lowest BCUT2D eigenvalue weighted by molar-refractivity contribution is -0.754. The van der Waals surface area contributed by atoms with Crippen molar-refractivity contribution in [2.75, 3.05) is 0 Å². The van der Waals surface area contributed by atoms with Gasteiger partial charge < -0.3 is 56.4 Å². The first-order valence-electron chi connectivity index (χ1n) is 7.25. The molecule has 2 saturated carbocycles. The van der Waals surface area contributed by atoms with E-state index in [0.717, 1.165) is 5.32 Å². The van der Waals surface area contributed by atoms with Gasteiger partial charge in [-0.1, -0.05) is 0 Å². The van der Waals surface area contributed by atoms with Crippen LogP contribution in [0.3, 0.4) is 0 Å². The van der Waals surface area contributed by atoms with Crippen LogP contribution in [0.25, 0.3) is 0 Å². The van der Waals surface area contributed by atoms with Crippen molar-refractivity contribution in [3.63, 3.8) is 0 Å². The lowest BCUT2D eigenvalue weighted by Crippen LogP contribution is -3.06. The first-order valence-corrected chi connectivity index (χ1v) is 7.25. The average molecular weight is 342 g/mol. The zero-order valence-corrected chi connectivity index (χ0v) is 12.0. The molecule has 0 saturated heterocycles. The van der Waals surface area contributed by atoms with E-state index in [1.165, 1.54) is 0 Å². The van der Waals surface area contributed by atoms with Gasteiger partial charge in [-0.3, -0.25) is 0 Å². The van der Waals surface area contributed by atoms with E-state index in [1.807, 2.05) is 0 Å². The Labute approximate surface area is 130 Å². The third-order valence-electron chi connectivity index (χ3n) is 4.82. The van der Waals surface area contributed by atoms with Crippen LogP contribution in [0.2, 0.25) is 0 Å². The first-order chi connectivity index (χ1) is 10.6. The molecule has 11 nitrogen and oxygen atoms in total. The van der Waals surface area contributed by atoms with Crippen molar-refractivity contribution >= 4 is 0 Å². The van der Waals surface area contributed by atoms with Gasteiger partial charge in [-0.25, -0.2) is 0 Å². The van der Waals surface area contributed by atoms with Crippen molar-refractivity contribution in [1.29, 1.82) is 0 Å². The molecule has 11 heteroatoms. The molecule has 0 aromatic rings. The fraction of sp³-hybridized carbons (Fsp3) is 1.00. The van der Waals surface area contributed by atoms with E-state index in [4.69, 9.17) is 0 Å². The van der Waals surface area contributed by atoms with Gasteiger partial charge >= 0.3 is 0 Å². The maximum Gasteiger partial charge on any atom is 0.144 e. The number of hydrogen-bond acceptors (Lipinski definition) is 10. The quantitative estimate of drug-likeness (QED) is 0.227. The third kappa shape index (κ3) is 3.10. The molecule has 0 bridgehead atoms. The Morgan fingerprint density at radius 2 is 0.478 bits per heavy atom. The van der Waals surface area contributed by atoms with Crippen molar-refractivity contribution in [1.82, 2.24) is 0 Å². The van der Waals surface area contributed by atoms with Crippen molar-refractivity contribution in [2.24, 2.45) is 0 Å². The lowest BCUT2D eigenvalue weighted by Gasteiger charge is -2.45. The van der Waals surface area contributed by atoms with E-state index in [-0.39, 0.29) is 0 Å². The van der Waals surface area contributed by atoms with Gasteiger partial charge in [0.1, 0.15) is 73.1 Å². The number of hydrogen-bond donors (Lipinski definition) is 11. The van der Waals surface area contributed by atoms with Crippen molar-refractivity contribution in [2.45, 2.75) is 73.1 Å². The zero-order chi connectivity index (χ0) is 17.6. The van der Waals surface area contributed by atoms with Crippen LogP contribution in [0.5, 0.6) is 0 Å². The lowest BCUT2D eigenvalue weighted by atomic mass is 9.79. The summed E-state index contributed by atoms with van der Waals surface area (Å²) in [6.07, 6.45) is -17.6. The van der Waals surface area contributed by atoms with E-state index in [9.17, 15) is 51.1 Å². The monoisotopic (exact) mass is 342 g/mol. The van der Waals surface area contributed by atoms with Gasteiger partial charge in [-0.15, -0.1) is 0 Å². The molecule has 4 unspecified atom stereocenters. The molecule has 0 aromatic carbocycles. The largest absolute Gasteiger partial charge is 0.387 e. The number of nitrogens with two attached hydrogens (primary N) is 1. The summed E-state index contributed by atoms with van der Waals surface area (Å²) in [5, 5.41) is 98.3. The molecule has 12 N–H and O–H groups in total. The van der Waals surface area contributed by atoms with Gasteiger partial charge in [0.25, 0.3) is 0 Å². The first kappa shape index (κ1) is 18.9. The highest BCUT2D eigenvalue weighted by atomic mass is 16.4. The van der Waals surface area contributed by atoms with Crippen LogP contribution >= 0.6 is 0 Å². The molecule has 2 fully saturated rings. The van der Waals surface area contributed by atoms with Gasteiger partial charge in [0.15, 0.2) is 0 Å². The molecule has 12 atom stereocenters. The Morgan fingerprint density at radius 3 is 0.696 bits per heavy atom. The predicted molar refractivity (Wildman–Crippen MR) is 69.6 cm³/mol. The molecule has 0 radical (unpaired) electrons. The number of aliphatic hydroxyl groups excluding tert-OH is 10. The highest BCUT2D eigenvalue weighted by Crippen LogP contribution is 2.23. The van der Waals surface area contributed by atoms with Crippen molar-refractivity contribution < 1.29 is 56.4 Å². The average Bonchev–Trinajstić information content (AvgIpc) is 2.54. The highest BCUT2D eigenvalue weighted by molar-refractivity contribution is 5.01. The maximum absolute atomic E-state index is 9.93. The summed E-state index contributed by atoms with van der Waals surface area (Å²) in [6.45, 7) is 0. The summed E-state index contributed by atoms with van der Waals surface area (Å²) in [6, 6.07) is -2.74. The van der Waals surface area contributed by atoms with E-state index in [2.05, 4.69) is 0 Å². The van der Waals surface area contributed by atoms with Crippen LogP contribution in [-0.2, 0) is 0 Å². The minimum absolute atomic E-state index is 0.987. The summed E-state index contributed by atoms with van der Waals surface area (Å²) in [7, 11) is 0. The molecular formula is C12H24NO10+. The van der Waals surface area contributed by atoms with Crippen molar-refractivity contribution in [3.05, 3.63) is 0 Å².